The highest BCUT2D eigenvalue weighted by molar-refractivity contribution is 7.99. The predicted octanol–water partition coefficient (Wildman–Crippen LogP) is 1.72. The average molecular weight is 431 g/mol. The van der Waals surface area contributed by atoms with E-state index in [1.807, 2.05) is 16.3 Å². The Bertz CT molecular complexity index is 634. The minimum absolute atomic E-state index is 0.0184. The zero-order valence-electron chi connectivity index (χ0n) is 17.6. The van der Waals surface area contributed by atoms with Crippen LogP contribution in [0.4, 0.5) is 0 Å². The van der Waals surface area contributed by atoms with Crippen LogP contribution in [0.15, 0.2) is 61.0 Å². The van der Waals surface area contributed by atoms with Gasteiger partial charge in [0.1, 0.15) is 33.4 Å². The second-order valence-corrected chi connectivity index (χ2v) is 7.88. The summed E-state index contributed by atoms with van der Waals surface area (Å²) < 4.78 is 10.8. The Hall–Kier alpha value is -2.64. The summed E-state index contributed by atoms with van der Waals surface area (Å²) in [6.07, 6.45) is 12.6. The molecule has 2 saturated heterocycles. The summed E-state index contributed by atoms with van der Waals surface area (Å²) in [4.78, 5) is 20.8. The van der Waals surface area contributed by atoms with E-state index in [4.69, 9.17) is 4.74 Å². The first kappa shape index (κ1) is 25.4. The highest BCUT2D eigenvalue weighted by atomic mass is 32.2. The molecule has 0 N–H and O–H groups in total. The van der Waals surface area contributed by atoms with E-state index in [0.29, 0.717) is 0 Å². The number of thioether (sulfide) groups is 1. The Morgan fingerprint density at radius 3 is 1.53 bits per heavy atom. The Kier molecular flexibility index (Phi) is 12.9. The molecule has 160 valence electrons. The molecule has 0 radical (unpaired) electrons. The van der Waals surface area contributed by atoms with Gasteiger partial charge in [0.05, 0.1) is 11.5 Å². The fourth-order valence-electron chi connectivity index (χ4n) is 2.14. The molecule has 0 aromatic heterocycles. The van der Waals surface area contributed by atoms with Crippen molar-refractivity contribution in [3.63, 3.8) is 0 Å². The summed E-state index contributed by atoms with van der Waals surface area (Å²) in [5, 5.41) is 0. The molecule has 6 nitrogen and oxygen atoms in total. The van der Waals surface area contributed by atoms with Gasteiger partial charge in [0.15, 0.2) is 50.1 Å². The number of allylic oxidation sites excluding steroid dienone is 7. The normalized spacial score (nSPS) is 19.9. The van der Waals surface area contributed by atoms with Crippen molar-refractivity contribution in [3.05, 3.63) is 61.0 Å². The molecule has 0 unspecified atom stereocenters. The van der Waals surface area contributed by atoms with E-state index in [2.05, 4.69) is 31.3 Å². The maximum atomic E-state index is 10.4. The molecule has 7 heteroatoms. The number of hydrogen-bond acceptors (Lipinski definition) is 4. The van der Waals surface area contributed by atoms with Gasteiger partial charge < -0.3 is 4.74 Å². The molecule has 0 saturated carbocycles. The van der Waals surface area contributed by atoms with Crippen LogP contribution in [-0.2, 0) is 14.3 Å². The van der Waals surface area contributed by atoms with Crippen LogP contribution in [0.25, 0.3) is 0 Å². The van der Waals surface area contributed by atoms with E-state index in [0.717, 1.165) is 31.9 Å². The van der Waals surface area contributed by atoms with Crippen LogP contribution in [0.3, 0.4) is 0 Å². The summed E-state index contributed by atoms with van der Waals surface area (Å²) >= 11 is 2.02. The molecule has 3 aliphatic heterocycles. The average Bonchev–Trinajstić information content (AvgIpc) is 2.75. The second kappa shape index (κ2) is 15.2. The zero-order valence-corrected chi connectivity index (χ0v) is 18.4. The van der Waals surface area contributed by atoms with Crippen molar-refractivity contribution in [1.29, 1.82) is 0 Å². The third kappa shape index (κ3) is 13.5. The summed E-state index contributed by atoms with van der Waals surface area (Å²) in [6.45, 7) is 20.7. The second-order valence-electron chi connectivity index (χ2n) is 6.65. The first-order valence-electron chi connectivity index (χ1n) is 9.71. The Balaban J connectivity index is 0.000000200. The lowest BCUT2D eigenvalue weighted by Crippen LogP contribution is -2.26. The van der Waals surface area contributed by atoms with Gasteiger partial charge in [-0.2, -0.15) is 4.58 Å². The van der Waals surface area contributed by atoms with Crippen LogP contribution in [0.2, 0.25) is 0 Å². The number of ketones is 2. The van der Waals surface area contributed by atoms with Gasteiger partial charge in [0, 0.05) is 12.2 Å². The van der Waals surface area contributed by atoms with Crippen molar-refractivity contribution in [3.8, 4) is 0 Å². The fourth-order valence-corrected chi connectivity index (χ4v) is 3.11. The molecule has 3 heterocycles. The number of nitrogens with zero attached hydrogens (tertiary/aromatic N) is 3. The highest BCUT2D eigenvalue weighted by Gasteiger charge is 2.06. The Morgan fingerprint density at radius 1 is 0.733 bits per heavy atom. The summed E-state index contributed by atoms with van der Waals surface area (Å²) in [5.74, 6) is 2.59. The molecule has 4 rings (SSSR count). The van der Waals surface area contributed by atoms with E-state index in [1.54, 1.807) is 29.1 Å². The predicted molar refractivity (Wildman–Crippen MR) is 125 cm³/mol. The largest absolute Gasteiger partial charge is 0.368 e. The molecular formula is C23H32N3O3S+3. The van der Waals surface area contributed by atoms with Gasteiger partial charge in [-0.05, 0) is 17.7 Å². The SMILES string of the molecule is C=C1C=CC(=O)C=C1.C=[N+]1C=CC(=O)C=C1.C=[N+]1CCOCC1.C=[N+]1CCSCC1. The molecule has 2 fully saturated rings. The molecular weight excluding hydrogens is 398 g/mol. The van der Waals surface area contributed by atoms with Crippen LogP contribution < -0.4 is 0 Å². The lowest BCUT2D eigenvalue weighted by Gasteiger charge is -2.07. The van der Waals surface area contributed by atoms with Gasteiger partial charge in [-0.25, -0.2) is 9.15 Å². The van der Waals surface area contributed by atoms with Gasteiger partial charge in [0.25, 0.3) is 0 Å². The third-order valence-corrected chi connectivity index (χ3v) is 4.93. The smallest absolute Gasteiger partial charge is 0.190 e. The maximum Gasteiger partial charge on any atom is 0.190 e. The molecule has 0 bridgehead atoms. The lowest BCUT2D eigenvalue weighted by atomic mass is 10.1. The van der Waals surface area contributed by atoms with E-state index < -0.39 is 0 Å². The number of carbonyl (C=O) groups excluding carboxylic acids is 2. The van der Waals surface area contributed by atoms with Gasteiger partial charge in [0.2, 0.25) is 0 Å². The third-order valence-electron chi connectivity index (χ3n) is 3.99. The van der Waals surface area contributed by atoms with Crippen molar-refractivity contribution < 1.29 is 28.1 Å². The van der Waals surface area contributed by atoms with E-state index >= 15 is 0 Å². The van der Waals surface area contributed by atoms with E-state index in [1.165, 1.54) is 48.9 Å². The summed E-state index contributed by atoms with van der Waals surface area (Å²) in [7, 11) is 0. The molecule has 0 aromatic carbocycles. The maximum absolute atomic E-state index is 10.4. The first-order valence-corrected chi connectivity index (χ1v) is 10.9. The van der Waals surface area contributed by atoms with Crippen LogP contribution in [0.5, 0.6) is 0 Å². The molecule has 0 aromatic rings. The van der Waals surface area contributed by atoms with E-state index in [-0.39, 0.29) is 11.6 Å². The van der Waals surface area contributed by atoms with Crippen molar-refractivity contribution >= 4 is 43.5 Å². The number of ether oxygens (including phenoxy) is 1. The van der Waals surface area contributed by atoms with Crippen molar-refractivity contribution in [1.82, 2.24) is 0 Å². The van der Waals surface area contributed by atoms with Crippen molar-refractivity contribution in [2.45, 2.75) is 0 Å². The fraction of sp³-hybridized carbons (Fsp3) is 0.348. The number of rotatable bonds is 0. The summed E-state index contributed by atoms with van der Waals surface area (Å²) in [5.41, 5.74) is 0.879. The standard InChI is InChI=1S/C7H6O.C6H6NO.C5H10NO.C5H10NS/c1-6-2-4-7(8)5-3-6;1-7-4-2-6(8)3-5-7;2*1-6-2-4-7-5-3-6/h2*2-5H,1H2;2*1-5H2/q;3*+1. The van der Waals surface area contributed by atoms with Crippen LogP contribution in [0, 0.1) is 0 Å². The van der Waals surface area contributed by atoms with Crippen molar-refractivity contribution in [2.24, 2.45) is 0 Å². The van der Waals surface area contributed by atoms with Gasteiger partial charge in [-0.15, -0.1) is 11.8 Å². The molecule has 0 spiro atoms. The summed E-state index contributed by atoms with van der Waals surface area (Å²) in [6, 6.07) is 0. The molecule has 0 atom stereocenters. The van der Waals surface area contributed by atoms with Gasteiger partial charge in [-0.3, -0.25) is 9.59 Å². The van der Waals surface area contributed by atoms with Crippen molar-refractivity contribution in [2.75, 3.05) is 50.9 Å². The first-order chi connectivity index (χ1) is 14.4. The minimum Gasteiger partial charge on any atom is -0.368 e. The molecule has 0 amide bonds. The van der Waals surface area contributed by atoms with Crippen LogP contribution in [-0.4, -0.2) is 96.3 Å². The Labute approximate surface area is 183 Å². The highest BCUT2D eigenvalue weighted by Crippen LogP contribution is 2.03. The minimum atomic E-state index is 0.0184. The van der Waals surface area contributed by atoms with E-state index in [9.17, 15) is 9.59 Å². The molecule has 30 heavy (non-hydrogen) atoms. The number of carbonyl (C=O) groups is 2. The molecule has 4 aliphatic rings. The van der Waals surface area contributed by atoms with Gasteiger partial charge in [-0.1, -0.05) is 18.7 Å². The molecule has 1 aliphatic carbocycles. The quantitative estimate of drug-likeness (QED) is 0.549. The van der Waals surface area contributed by atoms with Crippen LogP contribution >= 0.6 is 11.8 Å². The number of morpholine rings is 1. The number of hydrogen-bond donors (Lipinski definition) is 0. The Morgan fingerprint density at radius 2 is 1.20 bits per heavy atom. The monoisotopic (exact) mass is 430 g/mol. The topological polar surface area (TPSA) is 52.4 Å². The van der Waals surface area contributed by atoms with Gasteiger partial charge >= 0.3 is 0 Å². The zero-order chi connectivity index (χ0) is 22.2. The van der Waals surface area contributed by atoms with Crippen LogP contribution in [0.1, 0.15) is 0 Å². The lowest BCUT2D eigenvalue weighted by molar-refractivity contribution is -0.541.